The van der Waals surface area contributed by atoms with Gasteiger partial charge in [0.1, 0.15) is 0 Å². The lowest BCUT2D eigenvalue weighted by Gasteiger charge is -2.32. The molecule has 0 aromatic carbocycles. The average molecular weight is 210 g/mol. The molecule has 2 N–H and O–H groups in total. The van der Waals surface area contributed by atoms with Gasteiger partial charge in [-0.05, 0) is 38.6 Å². The number of rotatable bonds is 4. The van der Waals surface area contributed by atoms with Crippen molar-refractivity contribution in [2.45, 2.75) is 70.0 Å². The van der Waals surface area contributed by atoms with Crippen molar-refractivity contribution in [2.24, 2.45) is 5.92 Å². The Hall–Kier alpha value is -0.0800. The fraction of sp³-hybridized carbons (Fsp3) is 1.00. The van der Waals surface area contributed by atoms with Gasteiger partial charge in [-0.25, -0.2) is 0 Å². The molecule has 15 heavy (non-hydrogen) atoms. The smallest absolute Gasteiger partial charge is 0.0600 e. The first-order valence-corrected chi connectivity index (χ1v) is 6.83. The second kappa shape index (κ2) is 5.86. The molecular weight excluding hydrogens is 184 g/mol. The van der Waals surface area contributed by atoms with E-state index in [-0.39, 0.29) is 0 Å². The van der Waals surface area contributed by atoms with Crippen molar-refractivity contribution >= 4 is 0 Å². The molecule has 2 nitrogen and oxygen atoms in total. The van der Waals surface area contributed by atoms with E-state index in [4.69, 9.17) is 0 Å². The molecule has 2 saturated carbocycles. The summed E-state index contributed by atoms with van der Waals surface area (Å²) in [4.78, 5) is 0. The fourth-order valence-electron chi connectivity index (χ4n) is 3.27. The van der Waals surface area contributed by atoms with Crippen LogP contribution in [0.1, 0.15) is 57.8 Å². The minimum absolute atomic E-state index is 0.577. The number of hydrogen-bond acceptors (Lipinski definition) is 2. The van der Waals surface area contributed by atoms with Crippen LogP contribution in [0.3, 0.4) is 0 Å². The van der Waals surface area contributed by atoms with Crippen LogP contribution in [0.5, 0.6) is 0 Å². The Balaban J connectivity index is 1.79. The molecule has 2 fully saturated rings. The van der Waals surface area contributed by atoms with E-state index in [9.17, 15) is 0 Å². The maximum atomic E-state index is 3.82. The zero-order valence-electron chi connectivity index (χ0n) is 10.1. The molecule has 0 bridgehead atoms. The van der Waals surface area contributed by atoms with Crippen LogP contribution in [0, 0.1) is 5.92 Å². The molecule has 0 amide bonds. The van der Waals surface area contributed by atoms with E-state index in [2.05, 4.69) is 17.7 Å². The SMILES string of the molecule is CNC(NC1CCCC1)C1CCCCC1. The lowest BCUT2D eigenvalue weighted by atomic mass is 9.86. The van der Waals surface area contributed by atoms with E-state index in [0.29, 0.717) is 6.17 Å². The molecule has 0 spiro atoms. The quantitative estimate of drug-likeness (QED) is 0.697. The van der Waals surface area contributed by atoms with Crippen LogP contribution in [0.15, 0.2) is 0 Å². The fourth-order valence-corrected chi connectivity index (χ4v) is 3.27. The minimum Gasteiger partial charge on any atom is -0.305 e. The normalized spacial score (nSPS) is 27.0. The topological polar surface area (TPSA) is 24.1 Å². The number of nitrogens with one attached hydrogen (secondary N) is 2. The van der Waals surface area contributed by atoms with Crippen LogP contribution in [0.25, 0.3) is 0 Å². The van der Waals surface area contributed by atoms with Crippen LogP contribution < -0.4 is 10.6 Å². The third kappa shape index (κ3) is 3.18. The Morgan fingerprint density at radius 1 is 0.867 bits per heavy atom. The van der Waals surface area contributed by atoms with Crippen molar-refractivity contribution in [2.75, 3.05) is 7.05 Å². The summed E-state index contributed by atoms with van der Waals surface area (Å²) in [6.07, 6.45) is 13.4. The summed E-state index contributed by atoms with van der Waals surface area (Å²) in [5.41, 5.74) is 0. The maximum absolute atomic E-state index is 3.82. The summed E-state index contributed by atoms with van der Waals surface area (Å²) in [7, 11) is 2.11. The zero-order chi connectivity index (χ0) is 10.5. The van der Waals surface area contributed by atoms with Gasteiger partial charge in [-0.15, -0.1) is 0 Å². The van der Waals surface area contributed by atoms with Gasteiger partial charge in [0.2, 0.25) is 0 Å². The summed E-state index contributed by atoms with van der Waals surface area (Å²) in [5.74, 6) is 0.879. The van der Waals surface area contributed by atoms with E-state index in [1.54, 1.807) is 0 Å². The van der Waals surface area contributed by atoms with Crippen molar-refractivity contribution in [1.82, 2.24) is 10.6 Å². The zero-order valence-corrected chi connectivity index (χ0v) is 10.1. The molecule has 88 valence electrons. The summed E-state index contributed by atoms with van der Waals surface area (Å²) in [5, 5.41) is 7.31. The summed E-state index contributed by atoms with van der Waals surface area (Å²) in [6.45, 7) is 0. The van der Waals surface area contributed by atoms with Crippen LogP contribution in [0.4, 0.5) is 0 Å². The van der Waals surface area contributed by atoms with E-state index < -0.39 is 0 Å². The Bertz CT molecular complexity index is 169. The summed E-state index contributed by atoms with van der Waals surface area (Å²) in [6, 6.07) is 0.796. The van der Waals surface area contributed by atoms with Gasteiger partial charge in [0.15, 0.2) is 0 Å². The first kappa shape index (κ1) is 11.4. The van der Waals surface area contributed by atoms with Gasteiger partial charge in [-0.1, -0.05) is 32.1 Å². The monoisotopic (exact) mass is 210 g/mol. The van der Waals surface area contributed by atoms with Gasteiger partial charge in [0.25, 0.3) is 0 Å². The predicted molar refractivity (Wildman–Crippen MR) is 64.8 cm³/mol. The Kier molecular flexibility index (Phi) is 4.45. The molecular formula is C13H26N2. The number of hydrogen-bond donors (Lipinski definition) is 2. The molecule has 0 aromatic rings. The summed E-state index contributed by atoms with van der Waals surface area (Å²) < 4.78 is 0. The highest BCUT2D eigenvalue weighted by Gasteiger charge is 2.25. The van der Waals surface area contributed by atoms with Crippen molar-refractivity contribution in [3.63, 3.8) is 0 Å². The highest BCUT2D eigenvalue weighted by atomic mass is 15.1. The predicted octanol–water partition coefficient (Wildman–Crippen LogP) is 2.64. The molecule has 2 heteroatoms. The van der Waals surface area contributed by atoms with E-state index in [1.165, 1.54) is 57.8 Å². The molecule has 2 aliphatic rings. The van der Waals surface area contributed by atoms with Gasteiger partial charge in [-0.2, -0.15) is 0 Å². The van der Waals surface area contributed by atoms with E-state index in [0.717, 1.165) is 12.0 Å². The maximum Gasteiger partial charge on any atom is 0.0600 e. The molecule has 0 aliphatic heterocycles. The van der Waals surface area contributed by atoms with Gasteiger partial charge >= 0.3 is 0 Å². The molecule has 1 unspecified atom stereocenters. The van der Waals surface area contributed by atoms with Gasteiger partial charge in [0.05, 0.1) is 6.17 Å². The van der Waals surface area contributed by atoms with Crippen molar-refractivity contribution in [1.29, 1.82) is 0 Å². The van der Waals surface area contributed by atoms with Crippen LogP contribution >= 0.6 is 0 Å². The van der Waals surface area contributed by atoms with Crippen LogP contribution in [-0.4, -0.2) is 19.3 Å². The third-order valence-electron chi connectivity index (χ3n) is 4.20. The molecule has 0 heterocycles. The molecule has 0 saturated heterocycles. The van der Waals surface area contributed by atoms with Crippen molar-refractivity contribution in [3.8, 4) is 0 Å². The summed E-state index contributed by atoms with van der Waals surface area (Å²) >= 11 is 0. The first-order valence-electron chi connectivity index (χ1n) is 6.83. The molecule has 2 aliphatic carbocycles. The second-order valence-corrected chi connectivity index (χ2v) is 5.31. The minimum atomic E-state index is 0.577. The standard InChI is InChI=1S/C13H26N2/c1-14-13(11-7-3-2-4-8-11)15-12-9-5-6-10-12/h11-15H,2-10H2,1H3. The Morgan fingerprint density at radius 2 is 1.47 bits per heavy atom. The lowest BCUT2D eigenvalue weighted by Crippen LogP contribution is -2.50. The Morgan fingerprint density at radius 3 is 2.07 bits per heavy atom. The van der Waals surface area contributed by atoms with Crippen LogP contribution in [0.2, 0.25) is 0 Å². The van der Waals surface area contributed by atoms with Crippen molar-refractivity contribution in [3.05, 3.63) is 0 Å². The average Bonchev–Trinajstić information content (AvgIpc) is 2.80. The second-order valence-electron chi connectivity index (χ2n) is 5.31. The highest BCUT2D eigenvalue weighted by Crippen LogP contribution is 2.27. The van der Waals surface area contributed by atoms with E-state index >= 15 is 0 Å². The largest absolute Gasteiger partial charge is 0.305 e. The molecule has 0 radical (unpaired) electrons. The van der Waals surface area contributed by atoms with Gasteiger partial charge < -0.3 is 5.32 Å². The lowest BCUT2D eigenvalue weighted by molar-refractivity contribution is 0.227. The van der Waals surface area contributed by atoms with Gasteiger partial charge in [-0.3, -0.25) is 5.32 Å². The van der Waals surface area contributed by atoms with Crippen molar-refractivity contribution < 1.29 is 0 Å². The highest BCUT2D eigenvalue weighted by molar-refractivity contribution is 4.82. The molecule has 2 rings (SSSR count). The third-order valence-corrected chi connectivity index (χ3v) is 4.20. The molecule has 0 aromatic heterocycles. The Labute approximate surface area is 94.2 Å². The first-order chi connectivity index (χ1) is 7.40. The van der Waals surface area contributed by atoms with Gasteiger partial charge in [0, 0.05) is 6.04 Å². The van der Waals surface area contributed by atoms with E-state index in [1.807, 2.05) is 0 Å². The van der Waals surface area contributed by atoms with Crippen LogP contribution in [-0.2, 0) is 0 Å². The molecule has 1 atom stereocenters.